The number of hydrogen-bond acceptors (Lipinski definition) is 3. The van der Waals surface area contributed by atoms with Gasteiger partial charge in [-0.2, -0.15) is 5.10 Å². The third kappa shape index (κ3) is 4.52. The van der Waals surface area contributed by atoms with Gasteiger partial charge >= 0.3 is 0 Å². The average Bonchev–Trinajstić information content (AvgIpc) is 2.82. The first-order chi connectivity index (χ1) is 9.12. The van der Waals surface area contributed by atoms with Crippen molar-refractivity contribution in [3.05, 3.63) is 24.0 Å². The fourth-order valence-corrected chi connectivity index (χ4v) is 2.10. The van der Waals surface area contributed by atoms with Crippen molar-refractivity contribution in [2.24, 2.45) is 7.05 Å². The van der Waals surface area contributed by atoms with Gasteiger partial charge in [-0.1, -0.05) is 13.8 Å². The molecule has 0 aliphatic heterocycles. The fourth-order valence-electron chi connectivity index (χ4n) is 2.10. The number of aryl methyl sites for hydroxylation is 1. The highest BCUT2D eigenvalue weighted by Crippen LogP contribution is 2.10. The molecule has 19 heavy (non-hydrogen) atoms. The standard InChI is InChI=1S/C14H23N3O2/c1-4-13(5-2)17(8-9-18)14(19)7-6-12-10-15-16(3)11-12/h6-7,10-11,13,18H,4-5,8-9H2,1-3H3/b7-6+. The Morgan fingerprint density at radius 1 is 1.53 bits per heavy atom. The maximum absolute atomic E-state index is 12.2. The Kier molecular flexibility index (Phi) is 6.29. The van der Waals surface area contributed by atoms with Crippen LogP contribution in [-0.4, -0.2) is 44.9 Å². The molecule has 1 heterocycles. The number of aliphatic hydroxyl groups is 1. The van der Waals surface area contributed by atoms with Crippen molar-refractivity contribution in [3.63, 3.8) is 0 Å². The Hall–Kier alpha value is -1.62. The molecule has 0 bridgehead atoms. The molecule has 0 aromatic carbocycles. The van der Waals surface area contributed by atoms with E-state index in [4.69, 9.17) is 5.11 Å². The maximum atomic E-state index is 12.2. The lowest BCUT2D eigenvalue weighted by Gasteiger charge is -2.28. The van der Waals surface area contributed by atoms with Crippen molar-refractivity contribution in [2.45, 2.75) is 32.7 Å². The van der Waals surface area contributed by atoms with E-state index in [2.05, 4.69) is 18.9 Å². The minimum atomic E-state index is -0.0633. The SMILES string of the molecule is CCC(CC)N(CCO)C(=O)/C=C/c1cnn(C)c1. The first-order valence-corrected chi connectivity index (χ1v) is 6.70. The van der Waals surface area contributed by atoms with E-state index in [0.29, 0.717) is 6.54 Å². The molecule has 0 aliphatic carbocycles. The lowest BCUT2D eigenvalue weighted by atomic mass is 10.1. The molecular formula is C14H23N3O2. The molecule has 0 saturated carbocycles. The smallest absolute Gasteiger partial charge is 0.246 e. The highest BCUT2D eigenvalue weighted by Gasteiger charge is 2.18. The first-order valence-electron chi connectivity index (χ1n) is 6.70. The van der Waals surface area contributed by atoms with Crippen LogP contribution in [0.1, 0.15) is 32.3 Å². The average molecular weight is 265 g/mol. The summed E-state index contributed by atoms with van der Waals surface area (Å²) in [7, 11) is 1.83. The van der Waals surface area contributed by atoms with E-state index in [0.717, 1.165) is 18.4 Å². The summed E-state index contributed by atoms with van der Waals surface area (Å²) in [6, 6.07) is 0.179. The van der Waals surface area contributed by atoms with Crippen LogP contribution >= 0.6 is 0 Å². The number of carbonyl (C=O) groups is 1. The second-order valence-corrected chi connectivity index (χ2v) is 4.51. The minimum absolute atomic E-state index is 0.0109. The van der Waals surface area contributed by atoms with Gasteiger partial charge in [-0.3, -0.25) is 9.48 Å². The van der Waals surface area contributed by atoms with E-state index in [1.165, 1.54) is 0 Å². The number of amides is 1. The summed E-state index contributed by atoms with van der Waals surface area (Å²) in [4.78, 5) is 13.9. The molecule has 106 valence electrons. The van der Waals surface area contributed by atoms with Crippen LogP contribution in [0.25, 0.3) is 6.08 Å². The van der Waals surface area contributed by atoms with Crippen LogP contribution in [0.5, 0.6) is 0 Å². The van der Waals surface area contributed by atoms with Crippen molar-refractivity contribution >= 4 is 12.0 Å². The lowest BCUT2D eigenvalue weighted by Crippen LogP contribution is -2.40. The number of nitrogens with zero attached hydrogens (tertiary/aromatic N) is 3. The van der Waals surface area contributed by atoms with E-state index >= 15 is 0 Å². The zero-order valence-electron chi connectivity index (χ0n) is 11.9. The van der Waals surface area contributed by atoms with Crippen molar-refractivity contribution in [3.8, 4) is 0 Å². The van der Waals surface area contributed by atoms with Crippen molar-refractivity contribution in [1.82, 2.24) is 14.7 Å². The summed E-state index contributed by atoms with van der Waals surface area (Å²) in [5.74, 6) is -0.0633. The van der Waals surface area contributed by atoms with Gasteiger partial charge < -0.3 is 10.0 Å². The Balaban J connectivity index is 2.73. The van der Waals surface area contributed by atoms with E-state index in [1.807, 2.05) is 13.2 Å². The highest BCUT2D eigenvalue weighted by atomic mass is 16.3. The van der Waals surface area contributed by atoms with Gasteiger partial charge in [0.25, 0.3) is 0 Å². The monoisotopic (exact) mass is 265 g/mol. The number of aromatic nitrogens is 2. The quantitative estimate of drug-likeness (QED) is 0.759. The second-order valence-electron chi connectivity index (χ2n) is 4.51. The molecule has 0 fully saturated rings. The number of carbonyl (C=O) groups excluding carboxylic acids is 1. The molecule has 0 aliphatic rings. The highest BCUT2D eigenvalue weighted by molar-refractivity contribution is 5.91. The minimum Gasteiger partial charge on any atom is -0.395 e. The van der Waals surface area contributed by atoms with Gasteiger partial charge in [-0.15, -0.1) is 0 Å². The summed E-state index contributed by atoms with van der Waals surface area (Å²) in [5.41, 5.74) is 0.893. The Morgan fingerprint density at radius 2 is 2.21 bits per heavy atom. The van der Waals surface area contributed by atoms with Gasteiger partial charge in [0.05, 0.1) is 12.8 Å². The van der Waals surface area contributed by atoms with Crippen LogP contribution in [-0.2, 0) is 11.8 Å². The second kappa shape index (κ2) is 7.74. The topological polar surface area (TPSA) is 58.4 Å². The molecule has 0 unspecified atom stereocenters. The van der Waals surface area contributed by atoms with Crippen molar-refractivity contribution in [1.29, 1.82) is 0 Å². The van der Waals surface area contributed by atoms with E-state index < -0.39 is 0 Å². The summed E-state index contributed by atoms with van der Waals surface area (Å²) in [6.07, 6.45) is 8.63. The molecule has 1 aromatic rings. The predicted octanol–water partition coefficient (Wildman–Crippen LogP) is 1.44. The van der Waals surface area contributed by atoms with E-state index in [1.54, 1.807) is 27.9 Å². The van der Waals surface area contributed by atoms with Gasteiger partial charge in [0.2, 0.25) is 5.91 Å². The molecule has 1 aromatic heterocycles. The molecule has 1 N–H and O–H groups in total. The van der Waals surface area contributed by atoms with Crippen LogP contribution in [0.4, 0.5) is 0 Å². The predicted molar refractivity (Wildman–Crippen MR) is 75.4 cm³/mol. The molecule has 0 saturated heterocycles. The Bertz CT molecular complexity index is 422. The summed E-state index contributed by atoms with van der Waals surface area (Å²) >= 11 is 0. The normalized spacial score (nSPS) is 11.4. The fraction of sp³-hybridized carbons (Fsp3) is 0.571. The zero-order valence-corrected chi connectivity index (χ0v) is 11.9. The van der Waals surface area contributed by atoms with Gasteiger partial charge in [0.1, 0.15) is 0 Å². The van der Waals surface area contributed by atoms with E-state index in [-0.39, 0.29) is 18.6 Å². The van der Waals surface area contributed by atoms with Gasteiger partial charge in [0, 0.05) is 37.5 Å². The Morgan fingerprint density at radius 3 is 2.68 bits per heavy atom. The number of hydrogen-bond donors (Lipinski definition) is 1. The summed E-state index contributed by atoms with van der Waals surface area (Å²) < 4.78 is 1.69. The molecule has 1 amide bonds. The third-order valence-electron chi connectivity index (χ3n) is 3.15. The van der Waals surface area contributed by atoms with Crippen molar-refractivity contribution in [2.75, 3.05) is 13.2 Å². The van der Waals surface area contributed by atoms with Crippen LogP contribution in [0.15, 0.2) is 18.5 Å². The molecule has 0 atom stereocenters. The maximum Gasteiger partial charge on any atom is 0.246 e. The van der Waals surface area contributed by atoms with Crippen LogP contribution in [0.3, 0.4) is 0 Å². The molecule has 0 radical (unpaired) electrons. The number of aliphatic hydroxyl groups excluding tert-OH is 1. The molecule has 5 nitrogen and oxygen atoms in total. The largest absolute Gasteiger partial charge is 0.395 e. The van der Waals surface area contributed by atoms with E-state index in [9.17, 15) is 4.79 Å². The van der Waals surface area contributed by atoms with Crippen LogP contribution in [0, 0.1) is 0 Å². The lowest BCUT2D eigenvalue weighted by molar-refractivity contribution is -0.128. The van der Waals surface area contributed by atoms with Crippen LogP contribution < -0.4 is 0 Å². The molecule has 1 rings (SSSR count). The molecular weight excluding hydrogens is 242 g/mol. The zero-order chi connectivity index (χ0) is 14.3. The first kappa shape index (κ1) is 15.4. The van der Waals surface area contributed by atoms with Gasteiger partial charge in [0.15, 0.2) is 0 Å². The summed E-state index contributed by atoms with van der Waals surface area (Å²) in [5, 5.41) is 13.1. The van der Waals surface area contributed by atoms with Crippen LogP contribution in [0.2, 0.25) is 0 Å². The number of rotatable bonds is 7. The van der Waals surface area contributed by atoms with Crippen molar-refractivity contribution < 1.29 is 9.90 Å². The Labute approximate surface area is 114 Å². The molecule has 5 heteroatoms. The van der Waals surface area contributed by atoms with Gasteiger partial charge in [-0.05, 0) is 18.9 Å². The van der Waals surface area contributed by atoms with Gasteiger partial charge in [-0.25, -0.2) is 0 Å². The summed E-state index contributed by atoms with van der Waals surface area (Å²) in [6.45, 7) is 4.47. The third-order valence-corrected chi connectivity index (χ3v) is 3.15. The molecule has 0 spiro atoms.